The molecule has 0 saturated carbocycles. The summed E-state index contributed by atoms with van der Waals surface area (Å²) in [4.78, 5) is 27.4. The van der Waals surface area contributed by atoms with Crippen LogP contribution in [0.1, 0.15) is 13.8 Å². The largest absolute Gasteiger partial charge is 0.465 e. The number of hydrazone groups is 1. The van der Waals surface area contributed by atoms with E-state index in [0.29, 0.717) is 9.95 Å². The summed E-state index contributed by atoms with van der Waals surface area (Å²) in [6, 6.07) is 17.4. The van der Waals surface area contributed by atoms with Crippen molar-refractivity contribution in [2.75, 3.05) is 17.0 Å². The second-order valence-corrected chi connectivity index (χ2v) is 10.1. The van der Waals surface area contributed by atoms with Crippen LogP contribution in [-0.2, 0) is 14.3 Å². The number of methoxy groups -OCH3 is 1. The van der Waals surface area contributed by atoms with Crippen LogP contribution in [0.2, 0.25) is 0 Å². The molecule has 2 aliphatic rings. The molecular formula is C21H18BrN3O3S2. The molecule has 2 aromatic rings. The van der Waals surface area contributed by atoms with E-state index in [1.54, 1.807) is 5.01 Å². The first-order valence-electron chi connectivity index (χ1n) is 9.05. The van der Waals surface area contributed by atoms with E-state index in [2.05, 4.69) is 21.0 Å². The first-order valence-corrected chi connectivity index (χ1v) is 11.5. The molecule has 0 unspecified atom stereocenters. The Morgan fingerprint density at radius 3 is 2.30 bits per heavy atom. The number of para-hydroxylation sites is 1. The van der Waals surface area contributed by atoms with E-state index in [1.165, 1.54) is 37.6 Å². The van der Waals surface area contributed by atoms with Gasteiger partial charge in [-0.2, -0.15) is 5.10 Å². The highest BCUT2D eigenvalue weighted by molar-refractivity contribution is 9.10. The van der Waals surface area contributed by atoms with Gasteiger partial charge in [0, 0.05) is 22.8 Å². The zero-order valence-corrected chi connectivity index (χ0v) is 19.7. The zero-order valence-electron chi connectivity index (χ0n) is 16.5. The van der Waals surface area contributed by atoms with Crippen LogP contribution in [0.4, 0.5) is 11.4 Å². The lowest BCUT2D eigenvalue weighted by molar-refractivity contribution is -0.135. The second kappa shape index (κ2) is 8.13. The van der Waals surface area contributed by atoms with Crippen LogP contribution < -0.4 is 9.91 Å². The zero-order chi connectivity index (χ0) is 21.5. The van der Waals surface area contributed by atoms with Gasteiger partial charge in [0.15, 0.2) is 10.8 Å². The maximum absolute atomic E-state index is 12.6. The number of carbonyl (C=O) groups is 2. The predicted molar refractivity (Wildman–Crippen MR) is 126 cm³/mol. The van der Waals surface area contributed by atoms with Gasteiger partial charge in [-0.15, -0.1) is 0 Å². The standard InChI is InChI=1S/C21H18BrN3O3S2/c1-13-18(20(27)28-3)29-21(24(13)16-7-5-4-6-8-16)25(23-19(30-21)14(2)26)17-11-9-15(22)10-12-17/h4-12H,1-3H3/t21-/m1/s1. The van der Waals surface area contributed by atoms with Crippen molar-refractivity contribution in [3.63, 3.8) is 0 Å². The number of anilines is 2. The Labute approximate surface area is 191 Å². The van der Waals surface area contributed by atoms with Crippen molar-refractivity contribution < 1.29 is 14.3 Å². The molecule has 0 aromatic heterocycles. The van der Waals surface area contributed by atoms with Crippen molar-refractivity contribution in [3.05, 3.63) is 69.7 Å². The van der Waals surface area contributed by atoms with Gasteiger partial charge >= 0.3 is 5.97 Å². The Morgan fingerprint density at radius 2 is 1.70 bits per heavy atom. The van der Waals surface area contributed by atoms with Gasteiger partial charge < -0.3 is 9.64 Å². The van der Waals surface area contributed by atoms with E-state index < -0.39 is 10.3 Å². The van der Waals surface area contributed by atoms with Crippen molar-refractivity contribution in [1.29, 1.82) is 0 Å². The summed E-state index contributed by atoms with van der Waals surface area (Å²) in [5, 5.41) is 6.84. The van der Waals surface area contributed by atoms with Crippen LogP contribution >= 0.6 is 39.5 Å². The van der Waals surface area contributed by atoms with Gasteiger partial charge in [-0.3, -0.25) is 4.79 Å². The van der Waals surface area contributed by atoms with Gasteiger partial charge in [-0.25, -0.2) is 9.80 Å². The fourth-order valence-electron chi connectivity index (χ4n) is 3.28. The summed E-state index contributed by atoms with van der Waals surface area (Å²) in [7, 11) is 1.37. The Hall–Kier alpha value is -2.23. The van der Waals surface area contributed by atoms with E-state index in [0.717, 1.165) is 21.5 Å². The number of nitrogens with zero attached hydrogens (tertiary/aromatic N) is 3. The summed E-state index contributed by atoms with van der Waals surface area (Å²) < 4.78 is 5.06. The third-order valence-electron chi connectivity index (χ3n) is 4.63. The van der Waals surface area contributed by atoms with Crippen molar-refractivity contribution in [2.24, 2.45) is 5.10 Å². The number of thioether (sulfide) groups is 2. The minimum Gasteiger partial charge on any atom is -0.465 e. The molecule has 0 fully saturated rings. The number of hydrogen-bond acceptors (Lipinski definition) is 8. The Bertz CT molecular complexity index is 1070. The lowest BCUT2D eigenvalue weighted by Gasteiger charge is -2.41. The SMILES string of the molecule is COC(=O)C1=C(C)N(c2ccccc2)[C@]2(SC(C(C)=O)=NN2c2ccc(Br)cc2)S1. The first kappa shape index (κ1) is 21.0. The van der Waals surface area contributed by atoms with E-state index in [9.17, 15) is 9.59 Å². The number of hydrogen-bond donors (Lipinski definition) is 0. The third-order valence-corrected chi connectivity index (χ3v) is 8.13. The highest BCUT2D eigenvalue weighted by Gasteiger charge is 2.57. The van der Waals surface area contributed by atoms with Gasteiger partial charge in [0.2, 0.25) is 4.33 Å². The number of benzene rings is 2. The molecule has 1 atom stereocenters. The minimum absolute atomic E-state index is 0.128. The van der Waals surface area contributed by atoms with E-state index in [4.69, 9.17) is 4.74 Å². The van der Waals surface area contributed by atoms with Gasteiger partial charge in [-0.05, 0) is 55.1 Å². The van der Waals surface area contributed by atoms with Crippen molar-refractivity contribution >= 4 is 67.6 Å². The molecule has 30 heavy (non-hydrogen) atoms. The molecule has 0 N–H and O–H groups in total. The Kier molecular flexibility index (Phi) is 5.69. The van der Waals surface area contributed by atoms with Gasteiger partial charge in [-0.1, -0.05) is 45.9 Å². The normalized spacial score (nSPS) is 20.7. The van der Waals surface area contributed by atoms with E-state index in [-0.39, 0.29) is 5.78 Å². The topological polar surface area (TPSA) is 62.2 Å². The first-order chi connectivity index (χ1) is 14.4. The van der Waals surface area contributed by atoms with Gasteiger partial charge in [0.25, 0.3) is 0 Å². The number of ether oxygens (including phenoxy) is 1. The van der Waals surface area contributed by atoms with Crippen LogP contribution in [0.5, 0.6) is 0 Å². The van der Waals surface area contributed by atoms with Crippen molar-refractivity contribution in [1.82, 2.24) is 0 Å². The number of allylic oxidation sites excluding steroid dienone is 1. The second-order valence-electron chi connectivity index (χ2n) is 6.58. The maximum atomic E-state index is 12.6. The summed E-state index contributed by atoms with van der Waals surface area (Å²) >= 11 is 6.12. The number of carbonyl (C=O) groups excluding carboxylic acids is 2. The van der Waals surface area contributed by atoms with Crippen molar-refractivity contribution in [2.45, 2.75) is 18.2 Å². The van der Waals surface area contributed by atoms with Crippen LogP contribution in [0.15, 0.2) is 74.8 Å². The average Bonchev–Trinajstić information content (AvgIpc) is 3.27. The highest BCUT2D eigenvalue weighted by atomic mass is 79.9. The average molecular weight is 504 g/mol. The predicted octanol–water partition coefficient (Wildman–Crippen LogP) is 5.17. The van der Waals surface area contributed by atoms with Gasteiger partial charge in [0.05, 0.1) is 12.8 Å². The fraction of sp³-hybridized carbons (Fsp3) is 0.190. The molecular weight excluding hydrogens is 486 g/mol. The molecule has 1 spiro atoms. The van der Waals surface area contributed by atoms with Gasteiger partial charge in [0.1, 0.15) is 4.91 Å². The number of rotatable bonds is 4. The van der Waals surface area contributed by atoms with Crippen molar-refractivity contribution in [3.8, 4) is 0 Å². The molecule has 0 amide bonds. The molecule has 2 aliphatic heterocycles. The molecule has 4 rings (SSSR count). The summed E-state index contributed by atoms with van der Waals surface area (Å²) in [5.41, 5.74) is 2.43. The van der Waals surface area contributed by atoms with Crippen LogP contribution in [0.25, 0.3) is 0 Å². The Morgan fingerprint density at radius 1 is 1.03 bits per heavy atom. The molecule has 2 heterocycles. The summed E-state index contributed by atoms with van der Waals surface area (Å²) in [6.45, 7) is 3.38. The number of ketones is 1. The Balaban J connectivity index is 1.91. The molecule has 0 bridgehead atoms. The molecule has 0 saturated heterocycles. The van der Waals surface area contributed by atoms with E-state index >= 15 is 0 Å². The van der Waals surface area contributed by atoms with Crippen LogP contribution in [-0.4, -0.2) is 28.2 Å². The smallest absolute Gasteiger partial charge is 0.346 e. The molecule has 154 valence electrons. The molecule has 2 aromatic carbocycles. The van der Waals surface area contributed by atoms with Crippen LogP contribution in [0.3, 0.4) is 0 Å². The monoisotopic (exact) mass is 503 g/mol. The number of esters is 1. The van der Waals surface area contributed by atoms with Crippen LogP contribution in [0, 0.1) is 0 Å². The molecule has 0 aliphatic carbocycles. The maximum Gasteiger partial charge on any atom is 0.346 e. The van der Waals surface area contributed by atoms with E-state index in [1.807, 2.05) is 66.4 Å². The highest BCUT2D eigenvalue weighted by Crippen LogP contribution is 2.60. The molecule has 9 heteroatoms. The summed E-state index contributed by atoms with van der Waals surface area (Å²) in [5.74, 6) is -0.542. The lowest BCUT2D eigenvalue weighted by Crippen LogP contribution is -2.49. The summed E-state index contributed by atoms with van der Waals surface area (Å²) in [6.07, 6.45) is 0. The third kappa shape index (κ3) is 3.44. The lowest BCUT2D eigenvalue weighted by atomic mass is 10.2. The number of Topliss-reactive ketones (excluding diaryl/α,β-unsaturated/α-hetero) is 1. The molecule has 6 nitrogen and oxygen atoms in total. The number of halogens is 1. The quantitative estimate of drug-likeness (QED) is 0.532. The molecule has 0 radical (unpaired) electrons. The fourth-order valence-corrected chi connectivity index (χ4v) is 6.52. The minimum atomic E-state index is -0.913.